The van der Waals surface area contributed by atoms with E-state index in [0.717, 1.165) is 32.4 Å². The van der Waals surface area contributed by atoms with Crippen molar-refractivity contribution in [3.63, 3.8) is 0 Å². The maximum atomic E-state index is 12.9. The number of ether oxygens (including phenoxy) is 1. The summed E-state index contributed by atoms with van der Waals surface area (Å²) in [4.78, 5) is 25.5. The lowest BCUT2D eigenvalue weighted by atomic mass is 10.1. The molecule has 2 fully saturated rings. The quantitative estimate of drug-likeness (QED) is 0.671. The molecule has 2 aliphatic heterocycles. The molecule has 0 radical (unpaired) electrons. The van der Waals surface area contributed by atoms with E-state index in [-0.39, 0.29) is 41.6 Å². The molecular formula is C15H20ClN3O4. The van der Waals surface area contributed by atoms with Crippen LogP contribution in [0.3, 0.4) is 0 Å². The number of hydrogen-bond donors (Lipinski definition) is 1. The first-order valence-corrected chi connectivity index (χ1v) is 7.47. The van der Waals surface area contributed by atoms with Crippen molar-refractivity contribution in [3.8, 4) is 5.75 Å². The second-order valence-electron chi connectivity index (χ2n) is 5.73. The molecule has 2 unspecified atom stereocenters. The summed E-state index contributed by atoms with van der Waals surface area (Å²) in [5.74, 6) is 0.191. The molecule has 2 atom stereocenters. The molecule has 126 valence electrons. The van der Waals surface area contributed by atoms with Gasteiger partial charge in [0.15, 0.2) is 0 Å². The Kier molecular flexibility index (Phi) is 5.43. The van der Waals surface area contributed by atoms with Gasteiger partial charge in [0.1, 0.15) is 11.3 Å². The van der Waals surface area contributed by atoms with Crippen LogP contribution in [0, 0.1) is 10.1 Å². The maximum Gasteiger partial charge on any atom is 0.282 e. The maximum absolute atomic E-state index is 12.9. The lowest BCUT2D eigenvalue weighted by Crippen LogP contribution is -2.42. The number of carbonyl (C=O) groups excluding carboxylic acids is 1. The van der Waals surface area contributed by atoms with Crippen LogP contribution < -0.4 is 10.1 Å². The van der Waals surface area contributed by atoms with E-state index in [9.17, 15) is 14.9 Å². The number of nitrogens with one attached hydrogen (secondary N) is 1. The fraction of sp³-hybridized carbons (Fsp3) is 0.533. The lowest BCUT2D eigenvalue weighted by molar-refractivity contribution is -0.385. The minimum atomic E-state index is -0.509. The van der Waals surface area contributed by atoms with Crippen molar-refractivity contribution in [2.45, 2.75) is 31.3 Å². The van der Waals surface area contributed by atoms with Crippen LogP contribution in [0.1, 0.15) is 29.6 Å². The van der Waals surface area contributed by atoms with E-state index < -0.39 is 4.92 Å². The van der Waals surface area contributed by atoms with Gasteiger partial charge in [0, 0.05) is 24.7 Å². The van der Waals surface area contributed by atoms with Crippen LogP contribution in [-0.2, 0) is 0 Å². The fourth-order valence-corrected chi connectivity index (χ4v) is 3.43. The Morgan fingerprint density at radius 1 is 1.35 bits per heavy atom. The van der Waals surface area contributed by atoms with E-state index in [0.29, 0.717) is 5.75 Å². The minimum Gasteiger partial charge on any atom is -0.497 e. The van der Waals surface area contributed by atoms with Crippen LogP contribution in [0.2, 0.25) is 0 Å². The summed E-state index contributed by atoms with van der Waals surface area (Å²) in [5.41, 5.74) is -0.0504. The highest BCUT2D eigenvalue weighted by Crippen LogP contribution is 2.33. The van der Waals surface area contributed by atoms with Crippen LogP contribution in [0.25, 0.3) is 0 Å². The third kappa shape index (κ3) is 3.25. The van der Waals surface area contributed by atoms with Gasteiger partial charge < -0.3 is 15.0 Å². The number of halogens is 1. The molecule has 0 aromatic heterocycles. The zero-order valence-corrected chi connectivity index (χ0v) is 13.7. The van der Waals surface area contributed by atoms with Gasteiger partial charge in [-0.2, -0.15) is 0 Å². The molecule has 1 aromatic carbocycles. The molecule has 1 N–H and O–H groups in total. The van der Waals surface area contributed by atoms with E-state index in [2.05, 4.69) is 5.32 Å². The van der Waals surface area contributed by atoms with Gasteiger partial charge in [0.05, 0.1) is 12.0 Å². The third-order valence-electron chi connectivity index (χ3n) is 4.52. The van der Waals surface area contributed by atoms with Gasteiger partial charge in [-0.25, -0.2) is 0 Å². The van der Waals surface area contributed by atoms with Crippen molar-refractivity contribution < 1.29 is 14.5 Å². The average molecular weight is 342 g/mol. The zero-order chi connectivity index (χ0) is 15.7. The molecule has 2 aliphatic rings. The van der Waals surface area contributed by atoms with Crippen LogP contribution in [0.5, 0.6) is 5.75 Å². The standard InChI is InChI=1S/C15H19N3O4.ClH/c1-22-12-4-5-14(18(20)21)13(8-12)15(19)17-10-2-3-11(17)9-16-7-6-10;/h4-5,8,10-11,16H,2-3,6-7,9H2,1H3;1H. The Labute approximate surface area is 140 Å². The summed E-state index contributed by atoms with van der Waals surface area (Å²) >= 11 is 0. The molecule has 0 aliphatic carbocycles. The van der Waals surface area contributed by atoms with Gasteiger partial charge in [-0.15, -0.1) is 12.4 Å². The molecule has 8 heteroatoms. The first-order valence-electron chi connectivity index (χ1n) is 7.47. The number of nitro groups is 1. The molecular weight excluding hydrogens is 322 g/mol. The number of fused-ring (bicyclic) bond motifs is 2. The summed E-state index contributed by atoms with van der Waals surface area (Å²) in [7, 11) is 1.48. The van der Waals surface area contributed by atoms with Crippen molar-refractivity contribution in [1.82, 2.24) is 10.2 Å². The van der Waals surface area contributed by atoms with E-state index in [1.54, 1.807) is 0 Å². The normalized spacial score (nSPS) is 22.9. The molecule has 1 aromatic rings. The van der Waals surface area contributed by atoms with Gasteiger partial charge in [0.25, 0.3) is 11.6 Å². The number of hydrogen-bond acceptors (Lipinski definition) is 5. The topological polar surface area (TPSA) is 84.7 Å². The number of nitrogens with zero attached hydrogens (tertiary/aromatic N) is 2. The van der Waals surface area contributed by atoms with E-state index in [1.807, 2.05) is 4.90 Å². The van der Waals surface area contributed by atoms with Crippen molar-refractivity contribution in [3.05, 3.63) is 33.9 Å². The lowest BCUT2D eigenvalue weighted by Gasteiger charge is -2.27. The molecule has 2 heterocycles. The third-order valence-corrected chi connectivity index (χ3v) is 4.52. The molecule has 3 rings (SSSR count). The van der Waals surface area contributed by atoms with Crippen LogP contribution in [-0.4, -0.2) is 48.0 Å². The molecule has 0 spiro atoms. The van der Waals surface area contributed by atoms with E-state index in [1.165, 1.54) is 25.3 Å². The number of amides is 1. The molecule has 1 amide bonds. The van der Waals surface area contributed by atoms with Crippen LogP contribution in [0.15, 0.2) is 18.2 Å². The molecule has 23 heavy (non-hydrogen) atoms. The largest absolute Gasteiger partial charge is 0.497 e. The Hall–Kier alpha value is -1.86. The van der Waals surface area contributed by atoms with Gasteiger partial charge in [-0.05, 0) is 37.9 Å². The number of methoxy groups -OCH3 is 1. The van der Waals surface area contributed by atoms with Crippen molar-refractivity contribution in [2.75, 3.05) is 20.2 Å². The van der Waals surface area contributed by atoms with Crippen molar-refractivity contribution in [2.24, 2.45) is 0 Å². The summed E-state index contributed by atoms with van der Waals surface area (Å²) in [6, 6.07) is 4.60. The Balaban J connectivity index is 0.00000192. The van der Waals surface area contributed by atoms with E-state index >= 15 is 0 Å². The fourth-order valence-electron chi connectivity index (χ4n) is 3.43. The zero-order valence-electron chi connectivity index (χ0n) is 12.9. The van der Waals surface area contributed by atoms with Gasteiger partial charge >= 0.3 is 0 Å². The summed E-state index contributed by atoms with van der Waals surface area (Å²) < 4.78 is 5.12. The summed E-state index contributed by atoms with van der Waals surface area (Å²) in [5, 5.41) is 14.6. The van der Waals surface area contributed by atoms with Crippen LogP contribution in [0.4, 0.5) is 5.69 Å². The molecule has 2 bridgehead atoms. The monoisotopic (exact) mass is 341 g/mol. The second-order valence-corrected chi connectivity index (χ2v) is 5.73. The second kappa shape index (κ2) is 7.14. The highest BCUT2D eigenvalue weighted by Gasteiger charge is 2.40. The summed E-state index contributed by atoms with van der Waals surface area (Å²) in [6.07, 6.45) is 2.80. The van der Waals surface area contributed by atoms with Crippen LogP contribution >= 0.6 is 12.4 Å². The van der Waals surface area contributed by atoms with Gasteiger partial charge in [0.2, 0.25) is 0 Å². The number of benzene rings is 1. The predicted octanol–water partition coefficient (Wildman–Crippen LogP) is 1.99. The Bertz CT molecular complexity index is 596. The van der Waals surface area contributed by atoms with E-state index in [4.69, 9.17) is 4.74 Å². The number of carbonyl (C=O) groups is 1. The predicted molar refractivity (Wildman–Crippen MR) is 87.4 cm³/mol. The van der Waals surface area contributed by atoms with Gasteiger partial charge in [-0.3, -0.25) is 14.9 Å². The number of nitro benzene ring substituents is 1. The SMILES string of the molecule is COc1ccc([N+](=O)[O-])c(C(=O)N2C3CCNCC2CC3)c1.Cl. The molecule has 7 nitrogen and oxygen atoms in total. The Morgan fingerprint density at radius 3 is 2.78 bits per heavy atom. The first-order chi connectivity index (χ1) is 10.6. The Morgan fingerprint density at radius 2 is 2.09 bits per heavy atom. The summed E-state index contributed by atoms with van der Waals surface area (Å²) in [6.45, 7) is 1.63. The highest BCUT2D eigenvalue weighted by atomic mass is 35.5. The first kappa shape index (κ1) is 17.5. The highest BCUT2D eigenvalue weighted by molar-refractivity contribution is 5.99. The number of rotatable bonds is 3. The molecule has 0 saturated carbocycles. The van der Waals surface area contributed by atoms with Gasteiger partial charge in [-0.1, -0.05) is 0 Å². The van der Waals surface area contributed by atoms with Crippen molar-refractivity contribution in [1.29, 1.82) is 0 Å². The molecule has 2 saturated heterocycles. The smallest absolute Gasteiger partial charge is 0.282 e. The minimum absolute atomic E-state index is 0. The average Bonchev–Trinajstić information content (AvgIpc) is 2.78. The van der Waals surface area contributed by atoms with Crippen molar-refractivity contribution >= 4 is 24.0 Å².